The third kappa shape index (κ3) is 4.28. The van der Waals surface area contributed by atoms with Gasteiger partial charge in [0.2, 0.25) is 0 Å². The van der Waals surface area contributed by atoms with Crippen LogP contribution >= 0.6 is 0 Å². The van der Waals surface area contributed by atoms with Gasteiger partial charge in [-0.05, 0) is 50.2 Å². The summed E-state index contributed by atoms with van der Waals surface area (Å²) < 4.78 is 22.4. The average Bonchev–Trinajstić information content (AvgIpc) is 2.71. The highest BCUT2D eigenvalue weighted by Gasteiger charge is 2.11. The molecule has 6 nitrogen and oxygen atoms in total. The molecule has 3 rings (SSSR count). The third-order valence-electron chi connectivity index (χ3n) is 4.22. The maximum absolute atomic E-state index is 9.66. The van der Waals surface area contributed by atoms with Crippen molar-refractivity contribution in [2.75, 3.05) is 27.4 Å². The van der Waals surface area contributed by atoms with Crippen LogP contribution in [0.2, 0.25) is 0 Å². The van der Waals surface area contributed by atoms with E-state index in [0.717, 1.165) is 22.1 Å². The molecule has 28 heavy (non-hydrogen) atoms. The number of rotatable bonds is 7. The molecule has 1 N–H and O–H groups in total. The smallest absolute Gasteiger partial charge is 0.161 e. The molecule has 1 heterocycles. The molecule has 0 fully saturated rings. The molecule has 0 saturated heterocycles. The van der Waals surface area contributed by atoms with Crippen LogP contribution in [0, 0.1) is 0 Å². The SMILES string of the molecule is CCOc1ccc2oc(-c3ccc(OC)c(OC)c3)cc(=NC[C@H](C)O)c2c1. The molecule has 0 aliphatic carbocycles. The van der Waals surface area contributed by atoms with E-state index in [1.165, 1.54) is 0 Å². The van der Waals surface area contributed by atoms with Gasteiger partial charge in [-0.15, -0.1) is 0 Å². The fourth-order valence-corrected chi connectivity index (χ4v) is 2.90. The molecular formula is C22H25NO5. The lowest BCUT2D eigenvalue weighted by Crippen LogP contribution is -2.11. The second kappa shape index (κ2) is 8.80. The van der Waals surface area contributed by atoms with E-state index in [-0.39, 0.29) is 0 Å². The standard InChI is InChI=1S/C22H25NO5/c1-5-27-16-7-9-19-17(11-16)18(23-13-14(2)24)12-21(28-19)15-6-8-20(25-3)22(10-15)26-4/h6-12,14,24H,5,13H2,1-4H3/t14-/m0/s1. The molecule has 0 unspecified atom stereocenters. The van der Waals surface area contributed by atoms with E-state index < -0.39 is 6.10 Å². The predicted molar refractivity (Wildman–Crippen MR) is 108 cm³/mol. The lowest BCUT2D eigenvalue weighted by Gasteiger charge is -2.11. The van der Waals surface area contributed by atoms with Crippen molar-refractivity contribution >= 4 is 11.0 Å². The highest BCUT2D eigenvalue weighted by Crippen LogP contribution is 2.33. The molecule has 0 spiro atoms. The molecule has 2 aromatic carbocycles. The van der Waals surface area contributed by atoms with E-state index in [4.69, 9.17) is 18.6 Å². The first-order chi connectivity index (χ1) is 13.5. The van der Waals surface area contributed by atoms with Crippen molar-refractivity contribution in [2.45, 2.75) is 20.0 Å². The van der Waals surface area contributed by atoms with Gasteiger partial charge in [-0.25, -0.2) is 0 Å². The van der Waals surface area contributed by atoms with E-state index in [1.807, 2.05) is 49.4 Å². The van der Waals surface area contributed by atoms with Crippen molar-refractivity contribution in [2.24, 2.45) is 4.99 Å². The van der Waals surface area contributed by atoms with Crippen molar-refractivity contribution in [1.82, 2.24) is 0 Å². The Labute approximate surface area is 164 Å². The van der Waals surface area contributed by atoms with Gasteiger partial charge in [-0.1, -0.05) is 0 Å². The zero-order valence-corrected chi connectivity index (χ0v) is 16.6. The Kier molecular flexibility index (Phi) is 6.21. The van der Waals surface area contributed by atoms with Gasteiger partial charge in [0.05, 0.1) is 38.8 Å². The third-order valence-corrected chi connectivity index (χ3v) is 4.22. The van der Waals surface area contributed by atoms with E-state index in [9.17, 15) is 5.11 Å². The van der Waals surface area contributed by atoms with E-state index >= 15 is 0 Å². The number of fused-ring (bicyclic) bond motifs is 1. The monoisotopic (exact) mass is 383 g/mol. The van der Waals surface area contributed by atoms with Crippen LogP contribution in [0.3, 0.4) is 0 Å². The summed E-state index contributed by atoms with van der Waals surface area (Å²) in [5.41, 5.74) is 1.52. The van der Waals surface area contributed by atoms with Crippen LogP contribution in [0.5, 0.6) is 17.2 Å². The summed E-state index contributed by atoms with van der Waals surface area (Å²) in [4.78, 5) is 4.58. The number of ether oxygens (including phenoxy) is 3. The van der Waals surface area contributed by atoms with Crippen molar-refractivity contribution in [3.63, 3.8) is 0 Å². The van der Waals surface area contributed by atoms with Crippen LogP contribution in [0.1, 0.15) is 13.8 Å². The molecule has 0 bridgehead atoms. The van der Waals surface area contributed by atoms with Crippen LogP contribution < -0.4 is 19.6 Å². The van der Waals surface area contributed by atoms with Gasteiger partial charge in [0.25, 0.3) is 0 Å². The second-order valence-corrected chi connectivity index (χ2v) is 6.35. The summed E-state index contributed by atoms with van der Waals surface area (Å²) in [6.45, 7) is 4.52. The fourth-order valence-electron chi connectivity index (χ4n) is 2.90. The van der Waals surface area contributed by atoms with Gasteiger partial charge in [-0.2, -0.15) is 0 Å². The molecule has 1 aromatic heterocycles. The van der Waals surface area contributed by atoms with Crippen LogP contribution in [0.15, 0.2) is 51.9 Å². The summed E-state index contributed by atoms with van der Waals surface area (Å²) in [5, 5.41) is 11.2. The number of methoxy groups -OCH3 is 2. The molecule has 148 valence electrons. The van der Waals surface area contributed by atoms with Crippen LogP contribution in [-0.4, -0.2) is 38.6 Å². The Hall–Kier alpha value is -2.99. The maximum Gasteiger partial charge on any atom is 0.161 e. The number of benzene rings is 2. The first-order valence-corrected chi connectivity index (χ1v) is 9.17. The summed E-state index contributed by atoms with van der Waals surface area (Å²) in [7, 11) is 3.19. The van der Waals surface area contributed by atoms with Gasteiger partial charge in [0, 0.05) is 17.0 Å². The van der Waals surface area contributed by atoms with Crippen molar-refractivity contribution in [3.8, 4) is 28.6 Å². The first kappa shape index (κ1) is 19.8. The zero-order valence-electron chi connectivity index (χ0n) is 16.6. The quantitative estimate of drug-likeness (QED) is 0.672. The molecule has 0 saturated carbocycles. The highest BCUT2D eigenvalue weighted by atomic mass is 16.5. The van der Waals surface area contributed by atoms with Crippen molar-refractivity contribution in [3.05, 3.63) is 47.8 Å². The van der Waals surface area contributed by atoms with Crippen molar-refractivity contribution < 1.29 is 23.7 Å². The molecule has 0 aliphatic heterocycles. The van der Waals surface area contributed by atoms with Crippen LogP contribution in [-0.2, 0) is 0 Å². The lowest BCUT2D eigenvalue weighted by molar-refractivity contribution is 0.203. The minimum absolute atomic E-state index is 0.295. The van der Waals surface area contributed by atoms with Crippen LogP contribution in [0.25, 0.3) is 22.3 Å². The minimum atomic E-state index is -0.535. The van der Waals surface area contributed by atoms with E-state index in [0.29, 0.717) is 36.0 Å². The average molecular weight is 383 g/mol. The molecule has 6 heteroatoms. The Bertz CT molecular complexity index is 1020. The number of hydrogen-bond acceptors (Lipinski definition) is 6. The fraction of sp³-hybridized carbons (Fsp3) is 0.318. The number of nitrogens with zero attached hydrogens (tertiary/aromatic N) is 1. The molecule has 1 atom stereocenters. The normalized spacial score (nSPS) is 12.8. The summed E-state index contributed by atoms with van der Waals surface area (Å²) in [6, 6.07) is 13.1. The van der Waals surface area contributed by atoms with Crippen molar-refractivity contribution in [1.29, 1.82) is 0 Å². The van der Waals surface area contributed by atoms with Gasteiger partial charge in [0.1, 0.15) is 17.1 Å². The second-order valence-electron chi connectivity index (χ2n) is 6.35. The minimum Gasteiger partial charge on any atom is -0.494 e. The summed E-state index contributed by atoms with van der Waals surface area (Å²) >= 11 is 0. The molecule has 0 radical (unpaired) electrons. The van der Waals surface area contributed by atoms with Crippen LogP contribution in [0.4, 0.5) is 0 Å². The molecule has 3 aromatic rings. The van der Waals surface area contributed by atoms with Gasteiger partial charge in [-0.3, -0.25) is 4.99 Å². The molecule has 0 amide bonds. The topological polar surface area (TPSA) is 73.4 Å². The number of hydrogen-bond donors (Lipinski definition) is 1. The molecule has 0 aliphatic rings. The maximum atomic E-state index is 9.66. The Morgan fingerprint density at radius 3 is 2.50 bits per heavy atom. The summed E-state index contributed by atoms with van der Waals surface area (Å²) in [5.74, 6) is 2.65. The lowest BCUT2D eigenvalue weighted by atomic mass is 10.1. The highest BCUT2D eigenvalue weighted by molar-refractivity contribution is 5.80. The Morgan fingerprint density at radius 1 is 1.04 bits per heavy atom. The van der Waals surface area contributed by atoms with Gasteiger partial charge < -0.3 is 23.7 Å². The number of aliphatic hydroxyl groups excluding tert-OH is 1. The largest absolute Gasteiger partial charge is 0.494 e. The first-order valence-electron chi connectivity index (χ1n) is 9.17. The zero-order chi connectivity index (χ0) is 20.1. The Morgan fingerprint density at radius 2 is 1.82 bits per heavy atom. The van der Waals surface area contributed by atoms with E-state index in [2.05, 4.69) is 4.99 Å². The van der Waals surface area contributed by atoms with Gasteiger partial charge >= 0.3 is 0 Å². The predicted octanol–water partition coefficient (Wildman–Crippen LogP) is 3.80. The van der Waals surface area contributed by atoms with E-state index in [1.54, 1.807) is 21.1 Å². The van der Waals surface area contributed by atoms with Gasteiger partial charge in [0.15, 0.2) is 11.5 Å². The Balaban J connectivity index is 2.19. The molecular weight excluding hydrogens is 358 g/mol. The summed E-state index contributed by atoms with van der Waals surface area (Å²) in [6.07, 6.45) is -0.535. The number of aliphatic hydroxyl groups is 1.